The van der Waals surface area contributed by atoms with Crippen molar-refractivity contribution in [2.45, 2.75) is 13.3 Å². The molecule has 0 aliphatic carbocycles. The van der Waals surface area contributed by atoms with Crippen LogP contribution in [0.15, 0.2) is 72.8 Å². The van der Waals surface area contributed by atoms with Crippen LogP contribution in [0.2, 0.25) is 0 Å². The van der Waals surface area contributed by atoms with Crippen LogP contribution in [-0.2, 0) is 0 Å². The third-order valence-corrected chi connectivity index (χ3v) is 6.25. The molecule has 0 aliphatic rings. The van der Waals surface area contributed by atoms with Gasteiger partial charge in [-0.2, -0.15) is 0 Å². The maximum atomic E-state index is 13.9. The van der Waals surface area contributed by atoms with Crippen LogP contribution in [0.25, 0.3) is 10.2 Å². The number of hydrogen-bond acceptors (Lipinski definition) is 6. The van der Waals surface area contributed by atoms with Gasteiger partial charge in [-0.1, -0.05) is 41.7 Å². The summed E-state index contributed by atoms with van der Waals surface area (Å²) in [7, 11) is 4.06. The molecule has 4 aromatic rings. The summed E-state index contributed by atoms with van der Waals surface area (Å²) < 4.78 is 12.7. The number of fused-ring (bicyclic) bond motifs is 1. The van der Waals surface area contributed by atoms with Crippen molar-refractivity contribution < 1.29 is 14.3 Å². The van der Waals surface area contributed by atoms with E-state index in [2.05, 4.69) is 4.90 Å². The number of carbonyl (C=O) groups excluding carboxylic acids is 1. The molecule has 0 unspecified atom stereocenters. The Hall–Kier alpha value is -3.13. The van der Waals surface area contributed by atoms with Gasteiger partial charge in [0.05, 0.1) is 22.4 Å². The number of aromatic nitrogens is 1. The Morgan fingerprint density at radius 1 is 0.943 bits per heavy atom. The van der Waals surface area contributed by atoms with Gasteiger partial charge >= 0.3 is 0 Å². The number of rotatable bonds is 10. The van der Waals surface area contributed by atoms with Gasteiger partial charge in [-0.3, -0.25) is 9.69 Å². The van der Waals surface area contributed by atoms with Crippen LogP contribution in [0.1, 0.15) is 23.7 Å². The summed E-state index contributed by atoms with van der Waals surface area (Å²) in [6, 6.07) is 22.7. The predicted octanol–water partition coefficient (Wildman–Crippen LogP) is 6.51. The first-order valence-corrected chi connectivity index (χ1v) is 12.2. The smallest absolute Gasteiger partial charge is 0.263 e. The number of hydrogen-bond donors (Lipinski definition) is 0. The standard InChI is InChI=1S/C27H29N3O3S.ClH/c1-4-32-21-15-16-23-25(19-21)34-27(28-23)30(18-10-17-29(2)3)26(31)22-13-8-9-14-24(22)33-20-11-6-5-7-12-20;/h5-9,11-16,19H,4,10,17-18H2,1-3H3;1H. The first-order valence-electron chi connectivity index (χ1n) is 11.4. The molecule has 1 aromatic heterocycles. The SMILES string of the molecule is CCOc1ccc2nc(N(CCCN(C)C)C(=O)c3ccccc3Oc3ccccc3)sc2c1.Cl. The average Bonchev–Trinajstić information content (AvgIpc) is 3.25. The van der Waals surface area contributed by atoms with E-state index in [9.17, 15) is 4.79 Å². The number of anilines is 1. The molecule has 8 heteroatoms. The molecule has 0 aliphatic heterocycles. The molecular formula is C27H30ClN3O3S. The number of thiazole rings is 1. The van der Waals surface area contributed by atoms with Crippen LogP contribution >= 0.6 is 23.7 Å². The first kappa shape index (κ1) is 26.5. The van der Waals surface area contributed by atoms with Gasteiger partial charge in [-0.05, 0) is 76.4 Å². The highest BCUT2D eigenvalue weighted by Gasteiger charge is 2.24. The fourth-order valence-corrected chi connectivity index (χ4v) is 4.61. The van der Waals surface area contributed by atoms with Crippen LogP contribution < -0.4 is 14.4 Å². The van der Waals surface area contributed by atoms with Crippen molar-refractivity contribution in [2.75, 3.05) is 38.7 Å². The van der Waals surface area contributed by atoms with E-state index in [4.69, 9.17) is 14.5 Å². The minimum Gasteiger partial charge on any atom is -0.494 e. The third kappa shape index (κ3) is 6.72. The van der Waals surface area contributed by atoms with Gasteiger partial charge in [0, 0.05) is 6.54 Å². The Morgan fingerprint density at radius 3 is 2.43 bits per heavy atom. The molecule has 0 N–H and O–H groups in total. The van der Waals surface area contributed by atoms with Crippen molar-refractivity contribution in [3.8, 4) is 17.2 Å². The van der Waals surface area contributed by atoms with Crippen LogP contribution in [0.4, 0.5) is 5.13 Å². The summed E-state index contributed by atoms with van der Waals surface area (Å²) in [4.78, 5) is 22.5. The molecule has 1 heterocycles. The third-order valence-electron chi connectivity index (χ3n) is 5.21. The highest BCUT2D eigenvalue weighted by Crippen LogP contribution is 2.34. The minimum absolute atomic E-state index is 0. The summed E-state index contributed by atoms with van der Waals surface area (Å²) in [5, 5.41) is 0.668. The zero-order valence-corrected chi connectivity index (χ0v) is 21.8. The molecule has 0 radical (unpaired) electrons. The van der Waals surface area contributed by atoms with Crippen molar-refractivity contribution >= 4 is 45.0 Å². The van der Waals surface area contributed by atoms with Gasteiger partial charge in [-0.15, -0.1) is 12.4 Å². The van der Waals surface area contributed by atoms with Crippen molar-refractivity contribution in [3.63, 3.8) is 0 Å². The molecule has 0 saturated heterocycles. The molecule has 6 nitrogen and oxygen atoms in total. The number of carbonyl (C=O) groups is 1. The Balaban J connectivity index is 0.00000342. The van der Waals surface area contributed by atoms with Gasteiger partial charge < -0.3 is 14.4 Å². The second-order valence-corrected chi connectivity index (χ2v) is 9.09. The number of para-hydroxylation sites is 2. The summed E-state index contributed by atoms with van der Waals surface area (Å²) in [5.41, 5.74) is 1.35. The molecule has 0 spiro atoms. The highest BCUT2D eigenvalue weighted by atomic mass is 35.5. The summed E-state index contributed by atoms with van der Waals surface area (Å²) >= 11 is 1.50. The highest BCUT2D eigenvalue weighted by molar-refractivity contribution is 7.22. The van der Waals surface area contributed by atoms with E-state index in [1.165, 1.54) is 11.3 Å². The Bertz CT molecular complexity index is 1250. The normalized spacial score (nSPS) is 10.7. The molecular weight excluding hydrogens is 482 g/mol. The Morgan fingerprint density at radius 2 is 1.69 bits per heavy atom. The minimum atomic E-state index is -0.130. The molecule has 0 bridgehead atoms. The van der Waals surface area contributed by atoms with Crippen molar-refractivity contribution in [2.24, 2.45) is 0 Å². The molecule has 35 heavy (non-hydrogen) atoms. The maximum absolute atomic E-state index is 13.9. The fourth-order valence-electron chi connectivity index (χ4n) is 3.59. The van der Waals surface area contributed by atoms with E-state index in [1.807, 2.05) is 87.7 Å². The maximum Gasteiger partial charge on any atom is 0.263 e. The molecule has 184 valence electrons. The fraction of sp³-hybridized carbons (Fsp3) is 0.259. The van der Waals surface area contributed by atoms with Crippen LogP contribution in [0.3, 0.4) is 0 Å². The Labute approximate surface area is 216 Å². The zero-order valence-electron chi connectivity index (χ0n) is 20.1. The monoisotopic (exact) mass is 511 g/mol. The zero-order chi connectivity index (χ0) is 23.9. The van der Waals surface area contributed by atoms with Gasteiger partial charge in [0.2, 0.25) is 0 Å². The lowest BCUT2D eigenvalue weighted by Gasteiger charge is -2.22. The average molecular weight is 512 g/mol. The molecule has 3 aromatic carbocycles. The lowest BCUT2D eigenvalue weighted by molar-refractivity contribution is 0.0984. The topological polar surface area (TPSA) is 54.9 Å². The molecule has 1 amide bonds. The largest absolute Gasteiger partial charge is 0.494 e. The van der Waals surface area contributed by atoms with Crippen LogP contribution in [-0.4, -0.2) is 49.6 Å². The van der Waals surface area contributed by atoms with Gasteiger partial charge in [0.1, 0.15) is 17.2 Å². The van der Waals surface area contributed by atoms with E-state index in [0.717, 1.165) is 28.9 Å². The number of benzene rings is 3. The van der Waals surface area contributed by atoms with Gasteiger partial charge in [0.25, 0.3) is 5.91 Å². The predicted molar refractivity (Wildman–Crippen MR) is 146 cm³/mol. The van der Waals surface area contributed by atoms with E-state index >= 15 is 0 Å². The first-order chi connectivity index (χ1) is 16.5. The second-order valence-electron chi connectivity index (χ2n) is 8.08. The van der Waals surface area contributed by atoms with E-state index in [0.29, 0.717) is 35.3 Å². The number of ether oxygens (including phenoxy) is 2. The summed E-state index contributed by atoms with van der Waals surface area (Å²) in [6.45, 7) is 3.98. The van der Waals surface area contributed by atoms with Crippen LogP contribution in [0.5, 0.6) is 17.2 Å². The number of nitrogens with zero attached hydrogens (tertiary/aromatic N) is 3. The van der Waals surface area contributed by atoms with E-state index in [-0.39, 0.29) is 18.3 Å². The summed E-state index contributed by atoms with van der Waals surface area (Å²) in [5.74, 6) is 1.88. The van der Waals surface area contributed by atoms with Crippen molar-refractivity contribution in [1.82, 2.24) is 9.88 Å². The van der Waals surface area contributed by atoms with Crippen molar-refractivity contribution in [3.05, 3.63) is 78.4 Å². The number of amides is 1. The lowest BCUT2D eigenvalue weighted by Crippen LogP contribution is -2.33. The second kappa shape index (κ2) is 12.5. The number of halogens is 1. The van der Waals surface area contributed by atoms with Crippen molar-refractivity contribution in [1.29, 1.82) is 0 Å². The van der Waals surface area contributed by atoms with E-state index in [1.54, 1.807) is 11.0 Å². The molecule has 4 rings (SSSR count). The quantitative estimate of drug-likeness (QED) is 0.243. The van der Waals surface area contributed by atoms with Gasteiger partial charge in [0.15, 0.2) is 5.13 Å². The van der Waals surface area contributed by atoms with E-state index < -0.39 is 0 Å². The Kier molecular flexibility index (Phi) is 9.48. The van der Waals surface area contributed by atoms with Crippen LogP contribution in [0, 0.1) is 0 Å². The van der Waals surface area contributed by atoms with Gasteiger partial charge in [-0.25, -0.2) is 4.98 Å². The lowest BCUT2D eigenvalue weighted by atomic mass is 10.1. The molecule has 0 atom stereocenters. The molecule has 0 saturated carbocycles. The molecule has 0 fully saturated rings. The summed E-state index contributed by atoms with van der Waals surface area (Å²) in [6.07, 6.45) is 0.820.